The Hall–Kier alpha value is -0.830. The summed E-state index contributed by atoms with van der Waals surface area (Å²) in [5.74, 6) is 1.71. The van der Waals surface area contributed by atoms with Gasteiger partial charge in [0.2, 0.25) is 0 Å². The Morgan fingerprint density at radius 2 is 2.38 bits per heavy atom. The molecule has 0 saturated carbocycles. The van der Waals surface area contributed by atoms with Crippen LogP contribution in [-0.2, 0) is 0 Å². The van der Waals surface area contributed by atoms with E-state index in [0.717, 1.165) is 24.8 Å². The average Bonchev–Trinajstić information content (AvgIpc) is 2.52. The molecule has 0 spiro atoms. The molecule has 0 bridgehead atoms. The zero-order valence-corrected chi connectivity index (χ0v) is 8.33. The highest BCUT2D eigenvalue weighted by Crippen LogP contribution is 2.22. The first kappa shape index (κ1) is 8.75. The highest BCUT2D eigenvalue weighted by molar-refractivity contribution is 6.29. The molecule has 1 aliphatic heterocycles. The van der Waals surface area contributed by atoms with Crippen molar-refractivity contribution in [1.29, 1.82) is 0 Å². The summed E-state index contributed by atoms with van der Waals surface area (Å²) in [6.45, 7) is 4.41. The highest BCUT2D eigenvalue weighted by Gasteiger charge is 2.19. The van der Waals surface area contributed by atoms with Crippen LogP contribution in [0.1, 0.15) is 13.3 Å². The normalized spacial score (nSPS) is 22.3. The van der Waals surface area contributed by atoms with Crippen molar-refractivity contribution >= 4 is 17.4 Å². The van der Waals surface area contributed by atoms with Crippen LogP contribution in [0.4, 0.5) is 5.82 Å². The molecule has 70 valence electrons. The first-order valence-electron chi connectivity index (χ1n) is 4.48. The van der Waals surface area contributed by atoms with E-state index in [0.29, 0.717) is 5.15 Å². The number of anilines is 1. The average molecular weight is 198 g/mol. The molecule has 4 heteroatoms. The van der Waals surface area contributed by atoms with E-state index in [9.17, 15) is 0 Å². The van der Waals surface area contributed by atoms with Crippen molar-refractivity contribution in [2.75, 3.05) is 18.0 Å². The van der Waals surface area contributed by atoms with Gasteiger partial charge in [0.15, 0.2) is 0 Å². The molecular weight excluding hydrogens is 186 g/mol. The van der Waals surface area contributed by atoms with Crippen LogP contribution in [0.3, 0.4) is 0 Å². The fourth-order valence-corrected chi connectivity index (χ4v) is 1.78. The van der Waals surface area contributed by atoms with E-state index in [4.69, 9.17) is 11.6 Å². The van der Waals surface area contributed by atoms with Crippen molar-refractivity contribution in [3.63, 3.8) is 0 Å². The van der Waals surface area contributed by atoms with E-state index < -0.39 is 0 Å². The molecule has 3 nitrogen and oxygen atoms in total. The van der Waals surface area contributed by atoms with Gasteiger partial charge >= 0.3 is 0 Å². The molecule has 0 aromatic carbocycles. The largest absolute Gasteiger partial charge is 0.356 e. The van der Waals surface area contributed by atoms with Crippen molar-refractivity contribution in [1.82, 2.24) is 9.97 Å². The lowest BCUT2D eigenvalue weighted by atomic mass is 10.2. The molecule has 1 aliphatic rings. The lowest BCUT2D eigenvalue weighted by molar-refractivity contribution is 0.659. The summed E-state index contributed by atoms with van der Waals surface area (Å²) in [6.07, 6.45) is 2.75. The summed E-state index contributed by atoms with van der Waals surface area (Å²) in [5.41, 5.74) is 0. The van der Waals surface area contributed by atoms with Gasteiger partial charge in [-0.25, -0.2) is 9.97 Å². The van der Waals surface area contributed by atoms with Crippen LogP contribution in [0.15, 0.2) is 12.4 Å². The van der Waals surface area contributed by atoms with E-state index >= 15 is 0 Å². The zero-order valence-electron chi connectivity index (χ0n) is 7.57. The van der Waals surface area contributed by atoms with Gasteiger partial charge < -0.3 is 4.90 Å². The first-order valence-corrected chi connectivity index (χ1v) is 4.86. The first-order chi connectivity index (χ1) is 6.25. The van der Waals surface area contributed by atoms with E-state index in [1.807, 2.05) is 6.07 Å². The predicted octanol–water partition coefficient (Wildman–Crippen LogP) is 1.98. The van der Waals surface area contributed by atoms with Gasteiger partial charge in [-0.3, -0.25) is 0 Å². The third-order valence-electron chi connectivity index (χ3n) is 2.37. The van der Waals surface area contributed by atoms with Crippen LogP contribution in [0.2, 0.25) is 5.15 Å². The molecule has 0 N–H and O–H groups in total. The highest BCUT2D eigenvalue weighted by atomic mass is 35.5. The monoisotopic (exact) mass is 197 g/mol. The van der Waals surface area contributed by atoms with Gasteiger partial charge in [-0.15, -0.1) is 0 Å². The van der Waals surface area contributed by atoms with E-state index in [2.05, 4.69) is 21.8 Å². The van der Waals surface area contributed by atoms with E-state index in [-0.39, 0.29) is 0 Å². The standard InChI is InChI=1S/C9H12ClN3/c1-7-2-3-13(5-7)9-4-8(10)11-6-12-9/h4,6-7H,2-3,5H2,1H3. The molecular formula is C9H12ClN3. The minimum atomic E-state index is 0.518. The molecule has 0 aliphatic carbocycles. The summed E-state index contributed by atoms with van der Waals surface area (Å²) < 4.78 is 0. The maximum absolute atomic E-state index is 5.78. The number of nitrogens with zero attached hydrogens (tertiary/aromatic N) is 3. The van der Waals surface area contributed by atoms with Crippen LogP contribution >= 0.6 is 11.6 Å². The van der Waals surface area contributed by atoms with Crippen LogP contribution in [0, 0.1) is 5.92 Å². The molecule has 1 aromatic heterocycles. The van der Waals surface area contributed by atoms with Gasteiger partial charge in [-0.05, 0) is 12.3 Å². The molecule has 1 aromatic rings. The summed E-state index contributed by atoms with van der Waals surface area (Å²) in [6, 6.07) is 1.82. The molecule has 0 amide bonds. The number of rotatable bonds is 1. The van der Waals surface area contributed by atoms with Crippen LogP contribution in [0.25, 0.3) is 0 Å². The Bertz CT molecular complexity index is 303. The molecule has 2 rings (SSSR count). The summed E-state index contributed by atoms with van der Waals surface area (Å²) in [4.78, 5) is 10.3. The Kier molecular flexibility index (Phi) is 2.36. The molecule has 1 saturated heterocycles. The smallest absolute Gasteiger partial charge is 0.134 e. The second kappa shape index (κ2) is 3.50. The SMILES string of the molecule is CC1CCN(c2cc(Cl)ncn2)C1. The lowest BCUT2D eigenvalue weighted by Gasteiger charge is -2.16. The van der Waals surface area contributed by atoms with Crippen molar-refractivity contribution in [2.45, 2.75) is 13.3 Å². The van der Waals surface area contributed by atoms with Crippen molar-refractivity contribution < 1.29 is 0 Å². The van der Waals surface area contributed by atoms with E-state index in [1.165, 1.54) is 12.7 Å². The van der Waals surface area contributed by atoms with Gasteiger partial charge in [0.1, 0.15) is 17.3 Å². The second-order valence-electron chi connectivity index (χ2n) is 3.54. The quantitative estimate of drug-likeness (QED) is 0.645. The van der Waals surface area contributed by atoms with Crippen molar-refractivity contribution in [3.8, 4) is 0 Å². The number of hydrogen-bond donors (Lipinski definition) is 0. The topological polar surface area (TPSA) is 29.0 Å². The van der Waals surface area contributed by atoms with Gasteiger partial charge in [0, 0.05) is 19.2 Å². The molecule has 2 heterocycles. The van der Waals surface area contributed by atoms with Crippen molar-refractivity contribution in [3.05, 3.63) is 17.5 Å². The maximum Gasteiger partial charge on any atom is 0.134 e. The van der Waals surface area contributed by atoms with Gasteiger partial charge in [-0.2, -0.15) is 0 Å². The molecule has 1 fully saturated rings. The Morgan fingerprint density at radius 3 is 3.00 bits per heavy atom. The van der Waals surface area contributed by atoms with Crippen LogP contribution < -0.4 is 4.90 Å². The Morgan fingerprint density at radius 1 is 1.54 bits per heavy atom. The van der Waals surface area contributed by atoms with Crippen LogP contribution in [-0.4, -0.2) is 23.1 Å². The fraction of sp³-hybridized carbons (Fsp3) is 0.556. The third kappa shape index (κ3) is 1.91. The summed E-state index contributed by atoms with van der Waals surface area (Å²) >= 11 is 5.78. The fourth-order valence-electron chi connectivity index (χ4n) is 1.64. The number of halogens is 1. The third-order valence-corrected chi connectivity index (χ3v) is 2.57. The lowest BCUT2D eigenvalue weighted by Crippen LogP contribution is -2.20. The summed E-state index contributed by atoms with van der Waals surface area (Å²) in [5, 5.41) is 0.518. The number of aromatic nitrogens is 2. The molecule has 0 radical (unpaired) electrons. The van der Waals surface area contributed by atoms with Crippen molar-refractivity contribution in [2.24, 2.45) is 5.92 Å². The minimum Gasteiger partial charge on any atom is -0.356 e. The zero-order chi connectivity index (χ0) is 9.26. The number of hydrogen-bond acceptors (Lipinski definition) is 3. The van der Waals surface area contributed by atoms with E-state index in [1.54, 1.807) is 0 Å². The Balaban J connectivity index is 2.16. The van der Waals surface area contributed by atoms with Crippen LogP contribution in [0.5, 0.6) is 0 Å². The van der Waals surface area contributed by atoms with Gasteiger partial charge in [0.25, 0.3) is 0 Å². The van der Waals surface area contributed by atoms with Gasteiger partial charge in [0.05, 0.1) is 0 Å². The predicted molar refractivity (Wildman–Crippen MR) is 53.0 cm³/mol. The molecule has 1 unspecified atom stereocenters. The summed E-state index contributed by atoms with van der Waals surface area (Å²) in [7, 11) is 0. The Labute approximate surface area is 82.8 Å². The minimum absolute atomic E-state index is 0.518. The molecule has 1 atom stereocenters. The second-order valence-corrected chi connectivity index (χ2v) is 3.93. The van der Waals surface area contributed by atoms with Gasteiger partial charge in [-0.1, -0.05) is 18.5 Å². The molecule has 13 heavy (non-hydrogen) atoms. The maximum atomic E-state index is 5.78.